The largest absolute Gasteiger partial charge is 0.354 e. The summed E-state index contributed by atoms with van der Waals surface area (Å²) in [5.41, 5.74) is 0.0715. The number of piperidine rings is 1. The fraction of sp³-hybridized carbons (Fsp3) is 0.941. The van der Waals surface area contributed by atoms with Gasteiger partial charge in [-0.15, -0.1) is 0 Å². The second-order valence-electron chi connectivity index (χ2n) is 7.29. The molecule has 0 radical (unpaired) electrons. The zero-order chi connectivity index (χ0) is 15.3. The summed E-state index contributed by atoms with van der Waals surface area (Å²) in [6.45, 7) is 4.96. The van der Waals surface area contributed by atoms with Crippen LogP contribution in [0.3, 0.4) is 0 Å². The molecule has 0 aromatic rings. The molecule has 0 atom stereocenters. The normalized spacial score (nSPS) is 24.2. The van der Waals surface area contributed by atoms with Crippen molar-refractivity contribution >= 4 is 5.91 Å². The highest BCUT2D eigenvalue weighted by Gasteiger charge is 2.41. The lowest BCUT2D eigenvalue weighted by atomic mass is 9.74. The molecule has 4 nitrogen and oxygen atoms in total. The molecule has 2 fully saturated rings. The number of hydrogen-bond acceptors (Lipinski definition) is 3. The molecule has 0 spiro atoms. The van der Waals surface area contributed by atoms with Gasteiger partial charge in [-0.25, -0.2) is 0 Å². The summed E-state index contributed by atoms with van der Waals surface area (Å²) in [7, 11) is 4.31. The number of rotatable bonds is 6. The zero-order valence-corrected chi connectivity index (χ0v) is 14.1. The summed E-state index contributed by atoms with van der Waals surface area (Å²) in [5.74, 6) is 0.305. The van der Waals surface area contributed by atoms with E-state index in [2.05, 4.69) is 36.6 Å². The van der Waals surface area contributed by atoms with Gasteiger partial charge in [0.2, 0.25) is 5.91 Å². The molecular weight excluding hydrogens is 262 g/mol. The van der Waals surface area contributed by atoms with Gasteiger partial charge in [0.05, 0.1) is 5.41 Å². The third kappa shape index (κ3) is 3.59. The smallest absolute Gasteiger partial charge is 0.226 e. The number of nitrogens with zero attached hydrogens (tertiary/aromatic N) is 1. The molecule has 2 aliphatic rings. The van der Waals surface area contributed by atoms with Crippen LogP contribution in [0.1, 0.15) is 58.3 Å². The van der Waals surface area contributed by atoms with Crippen molar-refractivity contribution in [3.63, 3.8) is 0 Å². The van der Waals surface area contributed by atoms with E-state index in [0.29, 0.717) is 5.91 Å². The minimum Gasteiger partial charge on any atom is -0.354 e. The average molecular weight is 295 g/mol. The summed E-state index contributed by atoms with van der Waals surface area (Å²) in [6.07, 6.45) is 9.09. The molecule has 21 heavy (non-hydrogen) atoms. The van der Waals surface area contributed by atoms with E-state index in [0.717, 1.165) is 45.3 Å². The van der Waals surface area contributed by atoms with Crippen LogP contribution in [0.15, 0.2) is 0 Å². The molecule has 0 aromatic heterocycles. The van der Waals surface area contributed by atoms with Gasteiger partial charge < -0.3 is 15.5 Å². The van der Waals surface area contributed by atoms with Gasteiger partial charge in [-0.05, 0) is 59.3 Å². The van der Waals surface area contributed by atoms with Crippen molar-refractivity contribution in [3.05, 3.63) is 0 Å². The van der Waals surface area contributed by atoms with Crippen molar-refractivity contribution < 1.29 is 4.79 Å². The maximum Gasteiger partial charge on any atom is 0.226 e. The summed E-state index contributed by atoms with van der Waals surface area (Å²) < 4.78 is 0. The first-order valence-corrected chi connectivity index (χ1v) is 8.71. The number of hydrogen-bond donors (Lipinski definition) is 2. The van der Waals surface area contributed by atoms with Crippen molar-refractivity contribution in [1.29, 1.82) is 0 Å². The summed E-state index contributed by atoms with van der Waals surface area (Å²) in [5, 5.41) is 6.72. The molecular formula is C17H33N3O. The van der Waals surface area contributed by atoms with E-state index in [1.165, 1.54) is 25.7 Å². The van der Waals surface area contributed by atoms with Crippen LogP contribution in [0.4, 0.5) is 0 Å². The lowest BCUT2D eigenvalue weighted by Gasteiger charge is -2.40. The van der Waals surface area contributed by atoms with Gasteiger partial charge in [0.25, 0.3) is 0 Å². The Hall–Kier alpha value is -0.610. The van der Waals surface area contributed by atoms with Crippen LogP contribution in [0.5, 0.6) is 0 Å². The van der Waals surface area contributed by atoms with Gasteiger partial charge >= 0.3 is 0 Å². The van der Waals surface area contributed by atoms with Crippen LogP contribution in [0, 0.1) is 5.41 Å². The molecule has 1 heterocycles. The van der Waals surface area contributed by atoms with Crippen molar-refractivity contribution in [2.75, 3.05) is 33.7 Å². The predicted octanol–water partition coefficient (Wildman–Crippen LogP) is 2.15. The average Bonchev–Trinajstić information content (AvgIpc) is 2.96. The Balaban J connectivity index is 1.98. The topological polar surface area (TPSA) is 44.4 Å². The van der Waals surface area contributed by atoms with Crippen molar-refractivity contribution in [2.24, 2.45) is 5.41 Å². The van der Waals surface area contributed by atoms with E-state index >= 15 is 0 Å². The molecule has 0 unspecified atom stereocenters. The van der Waals surface area contributed by atoms with Crippen molar-refractivity contribution in [3.8, 4) is 0 Å². The van der Waals surface area contributed by atoms with Gasteiger partial charge in [-0.1, -0.05) is 26.2 Å². The van der Waals surface area contributed by atoms with E-state index in [-0.39, 0.29) is 11.0 Å². The number of likely N-dealkylation sites (N-methyl/N-ethyl adjacent to an activating group) is 1. The Morgan fingerprint density at radius 1 is 1.14 bits per heavy atom. The lowest BCUT2D eigenvalue weighted by molar-refractivity contribution is -0.133. The van der Waals surface area contributed by atoms with Crippen molar-refractivity contribution in [1.82, 2.24) is 15.5 Å². The van der Waals surface area contributed by atoms with Crippen LogP contribution in [0.25, 0.3) is 0 Å². The van der Waals surface area contributed by atoms with Gasteiger partial charge in [0.1, 0.15) is 0 Å². The number of nitrogens with one attached hydrogen (secondary N) is 2. The molecule has 2 rings (SSSR count). The highest BCUT2D eigenvalue weighted by atomic mass is 16.2. The number of amides is 1. The maximum atomic E-state index is 12.9. The van der Waals surface area contributed by atoms with E-state index in [9.17, 15) is 4.79 Å². The Labute approximate surface area is 130 Å². The SMILES string of the molecule is CCCC1(C(=O)NCC2(N(C)C)CCCC2)CCNCC1. The molecule has 2 N–H and O–H groups in total. The zero-order valence-electron chi connectivity index (χ0n) is 14.1. The summed E-state index contributed by atoms with van der Waals surface area (Å²) >= 11 is 0. The standard InChI is InChI=1S/C17H33N3O/c1-4-7-16(10-12-18-13-11-16)15(21)19-14-17(20(2)3)8-5-6-9-17/h18H,4-14H2,1-3H3,(H,19,21). The van der Waals surface area contributed by atoms with Gasteiger partial charge in [0.15, 0.2) is 0 Å². The molecule has 0 aromatic carbocycles. The van der Waals surface area contributed by atoms with Crippen LogP contribution >= 0.6 is 0 Å². The molecule has 0 bridgehead atoms. The Kier molecular flexibility index (Phi) is 5.67. The van der Waals surface area contributed by atoms with E-state index in [1.807, 2.05) is 0 Å². The summed E-state index contributed by atoms with van der Waals surface area (Å²) in [6, 6.07) is 0. The van der Waals surface area contributed by atoms with E-state index in [1.54, 1.807) is 0 Å². The molecule has 1 saturated carbocycles. The van der Waals surface area contributed by atoms with Gasteiger partial charge in [-0.2, -0.15) is 0 Å². The van der Waals surface area contributed by atoms with E-state index in [4.69, 9.17) is 0 Å². The fourth-order valence-electron chi connectivity index (χ4n) is 4.22. The Bertz CT molecular complexity index is 336. The van der Waals surface area contributed by atoms with E-state index < -0.39 is 0 Å². The first-order chi connectivity index (χ1) is 10.0. The monoisotopic (exact) mass is 295 g/mol. The third-order valence-electron chi connectivity index (χ3n) is 5.83. The quantitative estimate of drug-likeness (QED) is 0.789. The van der Waals surface area contributed by atoms with Gasteiger partial charge in [-0.3, -0.25) is 4.79 Å². The molecule has 1 amide bonds. The second kappa shape index (κ2) is 7.10. The molecule has 122 valence electrons. The lowest BCUT2D eigenvalue weighted by Crippen LogP contribution is -2.55. The minimum absolute atomic E-state index is 0.119. The predicted molar refractivity (Wildman–Crippen MR) is 87.3 cm³/mol. The number of carbonyl (C=O) groups is 1. The first-order valence-electron chi connectivity index (χ1n) is 8.71. The fourth-order valence-corrected chi connectivity index (χ4v) is 4.22. The highest BCUT2D eigenvalue weighted by Crippen LogP contribution is 2.36. The van der Waals surface area contributed by atoms with Crippen molar-refractivity contribution in [2.45, 2.75) is 63.8 Å². The highest BCUT2D eigenvalue weighted by molar-refractivity contribution is 5.82. The minimum atomic E-state index is -0.119. The molecule has 1 saturated heterocycles. The second-order valence-corrected chi connectivity index (χ2v) is 7.29. The van der Waals surface area contributed by atoms with Crippen LogP contribution in [-0.2, 0) is 4.79 Å². The van der Waals surface area contributed by atoms with Gasteiger partial charge in [0, 0.05) is 12.1 Å². The first kappa shape index (κ1) is 16.8. The summed E-state index contributed by atoms with van der Waals surface area (Å²) in [4.78, 5) is 15.2. The molecule has 1 aliphatic carbocycles. The number of carbonyl (C=O) groups excluding carboxylic acids is 1. The molecule has 4 heteroatoms. The molecule has 1 aliphatic heterocycles. The Morgan fingerprint density at radius 3 is 2.29 bits per heavy atom. The maximum absolute atomic E-state index is 12.9. The third-order valence-corrected chi connectivity index (χ3v) is 5.83. The van der Waals surface area contributed by atoms with Crippen LogP contribution in [-0.4, -0.2) is 50.1 Å². The van der Waals surface area contributed by atoms with Crippen LogP contribution in [0.2, 0.25) is 0 Å². The van der Waals surface area contributed by atoms with Crippen LogP contribution < -0.4 is 10.6 Å². The Morgan fingerprint density at radius 2 is 1.76 bits per heavy atom.